The maximum absolute atomic E-state index is 12.2. The zero-order chi connectivity index (χ0) is 23.9. The molecule has 0 radical (unpaired) electrons. The summed E-state index contributed by atoms with van der Waals surface area (Å²) >= 11 is 0. The van der Waals surface area contributed by atoms with Crippen LogP contribution in [0.4, 0.5) is 0 Å². The van der Waals surface area contributed by atoms with Gasteiger partial charge in [0.2, 0.25) is 0 Å². The summed E-state index contributed by atoms with van der Waals surface area (Å²) in [7, 11) is 1.83. The number of piperidine rings is 1. The van der Waals surface area contributed by atoms with E-state index < -0.39 is 11.2 Å². The number of likely N-dealkylation sites (tertiary alicyclic amines) is 1. The van der Waals surface area contributed by atoms with Crippen LogP contribution in [0.3, 0.4) is 0 Å². The first-order valence-electron chi connectivity index (χ1n) is 13.6. The molecule has 2 heterocycles. The Morgan fingerprint density at radius 3 is 2.59 bits per heavy atom. The number of fused-ring (bicyclic) bond motifs is 2. The average molecular weight is 468 g/mol. The number of rotatable bonds is 4. The molecule has 4 bridgehead atoms. The Balaban J connectivity index is 1.47. The van der Waals surface area contributed by atoms with Crippen LogP contribution in [0.2, 0.25) is 0 Å². The number of phenolic OH excluding ortho intramolecular Hbond substituents is 1. The summed E-state index contributed by atoms with van der Waals surface area (Å²) in [6, 6.07) is 4.46. The van der Waals surface area contributed by atoms with Crippen molar-refractivity contribution in [3.8, 4) is 11.5 Å². The van der Waals surface area contributed by atoms with Crippen LogP contribution in [0.1, 0.15) is 77.3 Å². The van der Waals surface area contributed by atoms with Crippen LogP contribution in [0, 0.1) is 22.7 Å². The lowest BCUT2D eigenvalue weighted by atomic mass is 9.33. The molecule has 5 heteroatoms. The van der Waals surface area contributed by atoms with Gasteiger partial charge in [-0.25, -0.2) is 0 Å². The minimum Gasteiger partial charge on any atom is -0.504 e. The normalized spacial score (nSPS) is 43.9. The average Bonchev–Trinajstić information content (AvgIpc) is 3.53. The summed E-state index contributed by atoms with van der Waals surface area (Å²) in [5, 5.41) is 23.2. The van der Waals surface area contributed by atoms with E-state index in [-0.39, 0.29) is 34.0 Å². The zero-order valence-electron chi connectivity index (χ0n) is 21.5. The first-order valence-corrected chi connectivity index (χ1v) is 13.6. The summed E-state index contributed by atoms with van der Waals surface area (Å²) in [4.78, 5) is 2.82. The van der Waals surface area contributed by atoms with E-state index in [9.17, 15) is 10.2 Å². The highest BCUT2D eigenvalue weighted by atomic mass is 16.6. The second-order valence-electron chi connectivity index (χ2n) is 13.8. The monoisotopic (exact) mass is 467 g/mol. The standard InChI is InChI=1S/C29H41NO4/c1-25(2,3)26(4,32)20-15-27-10-11-29(20,33-5)24-28(27)12-13-30(16-17-6-7-17)21(27)14-18-8-9-19(31)23(34-24)22(18)28/h8-9,17,20-21,24,31-32H,6-7,10-16H2,1-5H3/t20-,21-,24-,26?,27?,28+,29-/m1/s1. The first kappa shape index (κ1) is 21.9. The van der Waals surface area contributed by atoms with E-state index in [4.69, 9.17) is 9.47 Å². The van der Waals surface area contributed by atoms with Crippen LogP contribution >= 0.6 is 0 Å². The number of aliphatic hydroxyl groups is 1. The van der Waals surface area contributed by atoms with Gasteiger partial charge >= 0.3 is 0 Å². The van der Waals surface area contributed by atoms with Gasteiger partial charge in [-0.3, -0.25) is 4.90 Å². The van der Waals surface area contributed by atoms with Gasteiger partial charge in [0.25, 0.3) is 0 Å². The topological polar surface area (TPSA) is 62.2 Å². The fourth-order valence-electron chi connectivity index (χ4n) is 9.58. The molecule has 2 unspecified atom stereocenters. The Bertz CT molecular complexity index is 1060. The molecule has 8 rings (SSSR count). The van der Waals surface area contributed by atoms with Crippen LogP contribution in [0.5, 0.6) is 11.5 Å². The van der Waals surface area contributed by atoms with Gasteiger partial charge in [-0.05, 0) is 81.4 Å². The van der Waals surface area contributed by atoms with E-state index in [1.165, 1.54) is 30.5 Å². The van der Waals surface area contributed by atoms with Crippen LogP contribution < -0.4 is 4.74 Å². The molecular weight excluding hydrogens is 426 g/mol. The lowest BCUT2D eigenvalue weighted by molar-refractivity contribution is -0.312. The molecular formula is C29H41NO4. The number of hydrogen-bond acceptors (Lipinski definition) is 5. The SMILES string of the molecule is CO[C@]12CCC3(C[C@@H]1C(C)(O)C(C)(C)C)[C@H]1Cc4ccc(O)c5c4[C@@]3(CCN1CC1CC1)[C@H]2O5. The minimum absolute atomic E-state index is 0.0294. The lowest BCUT2D eigenvalue weighted by Crippen LogP contribution is -2.83. The van der Waals surface area contributed by atoms with E-state index in [0.29, 0.717) is 11.8 Å². The Morgan fingerprint density at radius 2 is 1.91 bits per heavy atom. The highest BCUT2D eigenvalue weighted by Crippen LogP contribution is 2.78. The van der Waals surface area contributed by atoms with E-state index in [2.05, 4.69) is 31.7 Å². The van der Waals surface area contributed by atoms with Crippen LogP contribution in [-0.2, 0) is 16.6 Å². The smallest absolute Gasteiger partial charge is 0.165 e. The molecule has 2 aliphatic heterocycles. The summed E-state index contributed by atoms with van der Waals surface area (Å²) in [5.41, 5.74) is 0.783. The first-order chi connectivity index (χ1) is 16.0. The molecule has 7 atom stereocenters. The maximum Gasteiger partial charge on any atom is 0.165 e. The van der Waals surface area contributed by atoms with E-state index >= 15 is 0 Å². The second-order valence-corrected chi connectivity index (χ2v) is 13.8. The van der Waals surface area contributed by atoms with Crippen molar-refractivity contribution < 1.29 is 19.7 Å². The predicted octanol–water partition coefficient (Wildman–Crippen LogP) is 4.41. The molecule has 4 saturated carbocycles. The molecule has 186 valence electrons. The number of ether oxygens (including phenoxy) is 2. The quantitative estimate of drug-likeness (QED) is 0.687. The van der Waals surface area contributed by atoms with Gasteiger partial charge < -0.3 is 19.7 Å². The Hall–Kier alpha value is -1.30. The molecule has 34 heavy (non-hydrogen) atoms. The third kappa shape index (κ3) is 2.25. The third-order valence-corrected chi connectivity index (χ3v) is 11.9. The van der Waals surface area contributed by atoms with Gasteiger partial charge in [0.1, 0.15) is 11.7 Å². The minimum atomic E-state index is -0.909. The molecule has 5 aliphatic carbocycles. The summed E-state index contributed by atoms with van der Waals surface area (Å²) in [6.07, 6.45) is 7.64. The Kier molecular flexibility index (Phi) is 4.08. The van der Waals surface area contributed by atoms with Crippen molar-refractivity contribution in [1.82, 2.24) is 4.90 Å². The van der Waals surface area contributed by atoms with Gasteiger partial charge in [0, 0.05) is 42.0 Å². The number of benzene rings is 1. The van der Waals surface area contributed by atoms with E-state index in [0.717, 1.165) is 44.6 Å². The van der Waals surface area contributed by atoms with Gasteiger partial charge in [0.05, 0.1) is 5.60 Å². The van der Waals surface area contributed by atoms with E-state index in [1.807, 2.05) is 20.1 Å². The summed E-state index contributed by atoms with van der Waals surface area (Å²) in [6.45, 7) is 10.8. The molecule has 2 N–H and O–H groups in total. The maximum atomic E-state index is 12.2. The van der Waals surface area contributed by atoms with Crippen molar-refractivity contribution in [1.29, 1.82) is 0 Å². The van der Waals surface area contributed by atoms with Gasteiger partial charge in [-0.15, -0.1) is 0 Å². The zero-order valence-corrected chi connectivity index (χ0v) is 21.5. The lowest BCUT2D eigenvalue weighted by Gasteiger charge is -2.75. The summed E-state index contributed by atoms with van der Waals surface area (Å²) in [5.74, 6) is 1.80. The molecule has 7 aliphatic rings. The Morgan fingerprint density at radius 1 is 1.15 bits per heavy atom. The largest absolute Gasteiger partial charge is 0.504 e. The van der Waals surface area contributed by atoms with Crippen LogP contribution in [-0.4, -0.2) is 58.7 Å². The fourth-order valence-corrected chi connectivity index (χ4v) is 9.58. The van der Waals surface area contributed by atoms with Crippen LogP contribution in [0.25, 0.3) is 0 Å². The highest BCUT2D eigenvalue weighted by Gasteiger charge is 2.82. The van der Waals surface area contributed by atoms with Crippen LogP contribution in [0.15, 0.2) is 12.1 Å². The number of nitrogens with zero attached hydrogens (tertiary/aromatic N) is 1. The van der Waals surface area contributed by atoms with Crippen molar-refractivity contribution in [3.05, 3.63) is 23.3 Å². The molecule has 0 amide bonds. The Labute approximate surface area is 203 Å². The van der Waals surface area contributed by atoms with Gasteiger partial charge in [-0.1, -0.05) is 26.8 Å². The fraction of sp³-hybridized carbons (Fsp3) is 0.793. The van der Waals surface area contributed by atoms with E-state index in [1.54, 1.807) is 0 Å². The molecule has 5 nitrogen and oxygen atoms in total. The number of phenols is 1. The van der Waals surface area contributed by atoms with Crippen molar-refractivity contribution in [3.63, 3.8) is 0 Å². The third-order valence-electron chi connectivity index (χ3n) is 11.9. The highest BCUT2D eigenvalue weighted by molar-refractivity contribution is 5.63. The number of hydrogen-bond donors (Lipinski definition) is 2. The van der Waals surface area contributed by atoms with Crippen molar-refractivity contribution in [2.24, 2.45) is 22.7 Å². The number of methoxy groups -OCH3 is 1. The molecule has 1 saturated heterocycles. The molecule has 1 aromatic carbocycles. The predicted molar refractivity (Wildman–Crippen MR) is 130 cm³/mol. The molecule has 1 aromatic rings. The van der Waals surface area contributed by atoms with Gasteiger partial charge in [0.15, 0.2) is 11.5 Å². The molecule has 5 fully saturated rings. The van der Waals surface area contributed by atoms with Crippen molar-refractivity contribution in [2.45, 2.75) is 101 Å². The number of aromatic hydroxyl groups is 1. The second kappa shape index (κ2) is 6.33. The molecule has 0 aromatic heterocycles. The van der Waals surface area contributed by atoms with Crippen molar-refractivity contribution in [2.75, 3.05) is 20.2 Å². The summed E-state index contributed by atoms with van der Waals surface area (Å²) < 4.78 is 13.5. The van der Waals surface area contributed by atoms with Gasteiger partial charge in [-0.2, -0.15) is 0 Å². The molecule has 2 spiro atoms. The van der Waals surface area contributed by atoms with Crippen molar-refractivity contribution >= 4 is 0 Å².